The summed E-state index contributed by atoms with van der Waals surface area (Å²) in [4.78, 5) is 23.5. The van der Waals surface area contributed by atoms with E-state index in [9.17, 15) is 9.59 Å². The van der Waals surface area contributed by atoms with Crippen molar-refractivity contribution in [3.63, 3.8) is 0 Å². The maximum atomic E-state index is 11.8. The third kappa shape index (κ3) is 7.33. The number of aliphatic carboxylic acids is 1. The Morgan fingerprint density at radius 1 is 1.30 bits per heavy atom. The third-order valence-corrected chi connectivity index (χ3v) is 6.58. The molecule has 108 valence electrons. The summed E-state index contributed by atoms with van der Waals surface area (Å²) in [5, 5.41) is 8.20. The van der Waals surface area contributed by atoms with Crippen LogP contribution in [0.4, 0.5) is 0 Å². The van der Waals surface area contributed by atoms with Crippen LogP contribution in [0, 0.1) is 0 Å². The Balaban J connectivity index is 2.25. The Kier molecular flexibility index (Phi) is 8.28. The molecule has 3 nitrogen and oxygen atoms in total. The predicted molar refractivity (Wildman–Crippen MR) is 91.7 cm³/mol. The molecule has 1 aromatic rings. The highest BCUT2D eigenvalue weighted by Gasteiger charge is 2.14. The molecule has 1 unspecified atom stereocenters. The van der Waals surface area contributed by atoms with Crippen molar-refractivity contribution in [1.82, 2.24) is 0 Å². The van der Waals surface area contributed by atoms with Gasteiger partial charge in [0.15, 0.2) is 0 Å². The summed E-state index contributed by atoms with van der Waals surface area (Å²) in [6, 6.07) is 9.69. The minimum Gasteiger partial charge on any atom is -0.480 e. The van der Waals surface area contributed by atoms with Crippen LogP contribution in [0.3, 0.4) is 0 Å². The van der Waals surface area contributed by atoms with E-state index in [0.29, 0.717) is 9.95 Å². The first-order valence-corrected chi connectivity index (χ1v) is 9.38. The molecule has 1 aromatic carbocycles. The van der Waals surface area contributed by atoms with Gasteiger partial charge in [0.2, 0.25) is 0 Å². The molecule has 0 spiro atoms. The van der Waals surface area contributed by atoms with Crippen molar-refractivity contribution in [1.29, 1.82) is 0 Å². The van der Waals surface area contributed by atoms with E-state index in [4.69, 9.17) is 17.3 Å². The molecule has 0 aliphatic heterocycles. The molecule has 0 amide bonds. The van der Waals surface area contributed by atoms with E-state index in [1.807, 2.05) is 30.3 Å². The number of hydrogen-bond acceptors (Lipinski definition) is 6. The molecule has 0 saturated carbocycles. The lowest BCUT2D eigenvalue weighted by atomic mass is 10.3. The van der Waals surface area contributed by atoms with E-state index >= 15 is 0 Å². The zero-order valence-corrected chi connectivity index (χ0v) is 14.0. The fourth-order valence-electron chi connectivity index (χ4n) is 1.09. The molecule has 0 aliphatic rings. The number of thioether (sulfide) groups is 1. The van der Waals surface area contributed by atoms with E-state index < -0.39 is 11.2 Å². The van der Waals surface area contributed by atoms with E-state index in [0.717, 1.165) is 4.90 Å². The van der Waals surface area contributed by atoms with Gasteiger partial charge in [0.1, 0.15) is 11.0 Å². The minimum atomic E-state index is -0.878. The normalized spacial score (nSPS) is 11.8. The number of carboxylic acid groups (broad SMARTS) is 1. The highest BCUT2D eigenvalue weighted by atomic mass is 33.1. The minimum absolute atomic E-state index is 0.0555. The molecule has 0 radical (unpaired) electrons. The van der Waals surface area contributed by atoms with Gasteiger partial charge in [0, 0.05) is 11.3 Å². The Morgan fingerprint density at radius 3 is 2.55 bits per heavy atom. The third-order valence-electron chi connectivity index (χ3n) is 2.12. The van der Waals surface area contributed by atoms with Crippen LogP contribution in [0.5, 0.6) is 0 Å². The average Bonchev–Trinajstić information content (AvgIpc) is 2.43. The highest BCUT2D eigenvalue weighted by molar-refractivity contribution is 8.84. The lowest BCUT2D eigenvalue weighted by molar-refractivity contribution is -0.136. The maximum absolute atomic E-state index is 11.8. The largest absolute Gasteiger partial charge is 0.480 e. The summed E-state index contributed by atoms with van der Waals surface area (Å²) in [6.45, 7) is 1.59. The highest BCUT2D eigenvalue weighted by Crippen LogP contribution is 2.30. The number of benzene rings is 1. The molecular weight excluding hydrogens is 332 g/mol. The fraction of sp³-hybridized carbons (Fsp3) is 0.308. The first-order valence-electron chi connectivity index (χ1n) is 5.77. The molecule has 0 aromatic heterocycles. The number of ketones is 1. The Labute approximate surface area is 135 Å². The topological polar surface area (TPSA) is 54.4 Å². The lowest BCUT2D eigenvalue weighted by Crippen LogP contribution is -2.11. The molecule has 20 heavy (non-hydrogen) atoms. The number of carbonyl (C=O) groups is 2. The Hall–Kier alpha value is -0.500. The van der Waals surface area contributed by atoms with Gasteiger partial charge in [0.25, 0.3) is 0 Å². The number of Topliss-reactive ketones (excluding diaryl/α,β-unsaturated/α-hetero) is 1. The first kappa shape index (κ1) is 17.6. The van der Waals surface area contributed by atoms with Crippen molar-refractivity contribution in [2.24, 2.45) is 0 Å². The number of carbonyl (C=O) groups excluding carboxylic acids is 1. The van der Waals surface area contributed by atoms with Crippen molar-refractivity contribution in [3.05, 3.63) is 30.3 Å². The first-order chi connectivity index (χ1) is 9.49. The second kappa shape index (κ2) is 9.44. The van der Waals surface area contributed by atoms with Gasteiger partial charge in [-0.1, -0.05) is 41.2 Å². The van der Waals surface area contributed by atoms with Gasteiger partial charge >= 0.3 is 5.97 Å². The summed E-state index contributed by atoms with van der Waals surface area (Å²) in [6.07, 6.45) is 0.208. The van der Waals surface area contributed by atoms with Crippen molar-refractivity contribution in [3.8, 4) is 0 Å². The molecule has 0 fully saturated rings. The van der Waals surface area contributed by atoms with Crippen molar-refractivity contribution in [2.75, 3.05) is 5.75 Å². The van der Waals surface area contributed by atoms with Gasteiger partial charge < -0.3 is 5.11 Å². The van der Waals surface area contributed by atoms with Crippen molar-refractivity contribution in [2.45, 2.75) is 23.5 Å². The number of hydrogen-bond donors (Lipinski definition) is 1. The standard InChI is InChI=1S/C13H14O3S4/c1-9(13(15)16)19-20-12(17)7-10(14)8-18-11-5-3-2-4-6-11/h2-6,9H,7-8H2,1H3,(H,15,16). The van der Waals surface area contributed by atoms with Gasteiger partial charge in [-0.3, -0.25) is 9.59 Å². The zero-order valence-electron chi connectivity index (χ0n) is 10.8. The van der Waals surface area contributed by atoms with Crippen LogP contribution >= 0.6 is 45.6 Å². The van der Waals surface area contributed by atoms with Crippen molar-refractivity contribution < 1.29 is 14.7 Å². The van der Waals surface area contributed by atoms with E-state index in [2.05, 4.69) is 0 Å². The van der Waals surface area contributed by atoms with Crippen LogP contribution in [-0.4, -0.2) is 32.1 Å². The molecule has 0 heterocycles. The maximum Gasteiger partial charge on any atom is 0.317 e. The van der Waals surface area contributed by atoms with Gasteiger partial charge in [0.05, 0.1) is 9.95 Å². The molecule has 1 N–H and O–H groups in total. The molecule has 0 bridgehead atoms. The van der Waals surface area contributed by atoms with Crippen LogP contribution in [0.15, 0.2) is 35.2 Å². The molecular formula is C13H14O3S4. The second-order valence-corrected chi connectivity index (χ2v) is 8.29. The van der Waals surface area contributed by atoms with Crippen LogP contribution in [-0.2, 0) is 9.59 Å². The Morgan fingerprint density at radius 2 is 1.95 bits per heavy atom. The molecule has 1 atom stereocenters. The van der Waals surface area contributed by atoms with Crippen LogP contribution in [0.1, 0.15) is 13.3 Å². The van der Waals surface area contributed by atoms with Gasteiger partial charge in [-0.15, -0.1) is 11.8 Å². The van der Waals surface area contributed by atoms with Gasteiger partial charge in [-0.05, 0) is 29.9 Å². The summed E-state index contributed by atoms with van der Waals surface area (Å²) < 4.78 is 0.529. The SMILES string of the molecule is CC(SSC(=S)CC(=O)CSc1ccccc1)C(=O)O. The van der Waals surface area contributed by atoms with E-state index in [1.54, 1.807) is 6.92 Å². The molecule has 0 saturated heterocycles. The van der Waals surface area contributed by atoms with Crippen LogP contribution in [0.2, 0.25) is 0 Å². The lowest BCUT2D eigenvalue weighted by Gasteiger charge is -2.06. The summed E-state index contributed by atoms with van der Waals surface area (Å²) >= 11 is 6.57. The van der Waals surface area contributed by atoms with Crippen molar-refractivity contribution >= 4 is 61.5 Å². The molecule has 1 rings (SSSR count). The average molecular weight is 347 g/mol. The van der Waals surface area contributed by atoms with E-state index in [1.165, 1.54) is 33.3 Å². The summed E-state index contributed by atoms with van der Waals surface area (Å²) in [5.74, 6) is -0.444. The quantitative estimate of drug-likeness (QED) is 0.435. The number of carboxylic acids is 1. The van der Waals surface area contributed by atoms with Crippen LogP contribution in [0.25, 0.3) is 0 Å². The monoisotopic (exact) mass is 346 g/mol. The number of thiocarbonyl (C=S) groups is 1. The number of rotatable bonds is 8. The Bertz CT molecular complexity index is 476. The fourth-order valence-corrected chi connectivity index (χ4v) is 4.12. The summed E-state index contributed by atoms with van der Waals surface area (Å²) in [7, 11) is 2.37. The van der Waals surface area contributed by atoms with E-state index in [-0.39, 0.29) is 12.2 Å². The van der Waals surface area contributed by atoms with Gasteiger partial charge in [-0.2, -0.15) is 0 Å². The zero-order chi connectivity index (χ0) is 15.0. The predicted octanol–water partition coefficient (Wildman–Crippen LogP) is 3.92. The second-order valence-electron chi connectivity index (χ2n) is 3.85. The van der Waals surface area contributed by atoms with Gasteiger partial charge in [-0.25, -0.2) is 0 Å². The van der Waals surface area contributed by atoms with Crippen LogP contribution < -0.4 is 0 Å². The summed E-state index contributed by atoms with van der Waals surface area (Å²) in [5.41, 5.74) is 0. The molecule has 7 heteroatoms. The smallest absolute Gasteiger partial charge is 0.317 e. The molecule has 0 aliphatic carbocycles.